The highest BCUT2D eigenvalue weighted by atomic mass is 35.5. The Morgan fingerprint density at radius 3 is 3.00 bits per heavy atom. The molecule has 0 radical (unpaired) electrons. The van der Waals surface area contributed by atoms with E-state index in [1.54, 1.807) is 0 Å². The van der Waals surface area contributed by atoms with Crippen LogP contribution in [0.5, 0.6) is 0 Å². The fourth-order valence-corrected chi connectivity index (χ4v) is 1.51. The van der Waals surface area contributed by atoms with Crippen LogP contribution < -0.4 is 0 Å². The van der Waals surface area contributed by atoms with Crippen LogP contribution in [0.25, 0.3) is 6.08 Å². The summed E-state index contributed by atoms with van der Waals surface area (Å²) in [5.41, 5.74) is 1.10. The van der Waals surface area contributed by atoms with Gasteiger partial charge in [-0.3, -0.25) is 0 Å². The minimum Gasteiger partial charge on any atom is -0.448 e. The normalized spacial score (nSPS) is 10.5. The van der Waals surface area contributed by atoms with Gasteiger partial charge in [-0.15, -0.1) is 11.6 Å². The number of aryl methyl sites for hydroxylation is 1. The van der Waals surface area contributed by atoms with Crippen molar-refractivity contribution >= 4 is 17.7 Å². The number of alkyl halides is 1. The zero-order chi connectivity index (χ0) is 12.5. The van der Waals surface area contributed by atoms with Crippen molar-refractivity contribution in [2.24, 2.45) is 0 Å². The van der Waals surface area contributed by atoms with Crippen LogP contribution in [0, 0.1) is 18.8 Å². The molecule has 0 saturated carbocycles. The summed E-state index contributed by atoms with van der Waals surface area (Å²) in [6, 6.07) is 2.03. The Hall–Kier alpha value is -1.13. The predicted molar refractivity (Wildman–Crippen MR) is 74.2 cm³/mol. The summed E-state index contributed by atoms with van der Waals surface area (Å²) in [6.45, 7) is 4.18. The molecule has 0 saturated heterocycles. The molecule has 0 spiro atoms. The van der Waals surface area contributed by atoms with Gasteiger partial charge in [-0.2, -0.15) is 0 Å². The largest absolute Gasteiger partial charge is 0.448 e. The molecule has 1 heterocycles. The molecule has 1 aromatic rings. The highest BCUT2D eigenvalue weighted by molar-refractivity contribution is 6.17. The third kappa shape index (κ3) is 5.15. The second-order valence-corrected chi connectivity index (χ2v) is 4.32. The minimum absolute atomic E-state index is 0.664. The summed E-state index contributed by atoms with van der Waals surface area (Å²) in [7, 11) is 0. The van der Waals surface area contributed by atoms with Crippen LogP contribution in [-0.4, -0.2) is 5.88 Å². The van der Waals surface area contributed by atoms with Gasteiger partial charge in [-0.05, 0) is 37.8 Å². The fraction of sp³-hybridized carbons (Fsp3) is 0.467. The quantitative estimate of drug-likeness (QED) is 0.417. The lowest BCUT2D eigenvalue weighted by Gasteiger charge is -1.86. The summed E-state index contributed by atoms with van der Waals surface area (Å²) in [6.07, 6.45) is 8.13. The van der Waals surface area contributed by atoms with Crippen molar-refractivity contribution in [3.8, 4) is 11.8 Å². The molecule has 0 amide bonds. The fourth-order valence-electron chi connectivity index (χ4n) is 1.38. The number of halogens is 1. The molecule has 0 aliphatic carbocycles. The minimum atomic E-state index is 0.664. The molecule has 0 bridgehead atoms. The molecular formula is C15H19ClO. The van der Waals surface area contributed by atoms with E-state index in [1.807, 2.05) is 19.1 Å². The van der Waals surface area contributed by atoms with Crippen LogP contribution in [0.3, 0.4) is 0 Å². The van der Waals surface area contributed by atoms with E-state index in [4.69, 9.17) is 16.0 Å². The van der Waals surface area contributed by atoms with Gasteiger partial charge in [-0.1, -0.05) is 25.3 Å². The van der Waals surface area contributed by atoms with Gasteiger partial charge in [0, 0.05) is 17.9 Å². The molecule has 17 heavy (non-hydrogen) atoms. The standard InChI is InChI=1S/C15H19ClO/c1-3-4-6-9-14-12-13(2)15(17-14)10-7-5-8-11-16/h6,9,12H,3-5,8,11H2,1-2H3/b9-6-. The first-order valence-corrected chi connectivity index (χ1v) is 6.63. The second kappa shape index (κ2) is 8.03. The van der Waals surface area contributed by atoms with Gasteiger partial charge in [0.1, 0.15) is 5.76 Å². The molecule has 0 unspecified atom stereocenters. The first-order valence-electron chi connectivity index (χ1n) is 6.09. The summed E-state index contributed by atoms with van der Waals surface area (Å²) in [5, 5.41) is 0. The van der Waals surface area contributed by atoms with Crippen LogP contribution in [0.2, 0.25) is 0 Å². The molecule has 1 rings (SSSR count). The van der Waals surface area contributed by atoms with Gasteiger partial charge in [-0.25, -0.2) is 0 Å². The lowest BCUT2D eigenvalue weighted by Crippen LogP contribution is -1.74. The second-order valence-electron chi connectivity index (χ2n) is 3.95. The average Bonchev–Trinajstić information content (AvgIpc) is 2.66. The van der Waals surface area contributed by atoms with Crippen molar-refractivity contribution in [2.45, 2.75) is 39.5 Å². The molecule has 1 nitrogen and oxygen atoms in total. The molecule has 0 aromatic carbocycles. The monoisotopic (exact) mass is 250 g/mol. The third-order valence-corrected chi connectivity index (χ3v) is 2.58. The van der Waals surface area contributed by atoms with E-state index in [1.165, 1.54) is 0 Å². The zero-order valence-corrected chi connectivity index (χ0v) is 11.3. The number of hydrogen-bond acceptors (Lipinski definition) is 1. The smallest absolute Gasteiger partial charge is 0.180 e. The highest BCUT2D eigenvalue weighted by Crippen LogP contribution is 2.15. The first-order chi connectivity index (χ1) is 8.27. The van der Waals surface area contributed by atoms with Crippen molar-refractivity contribution in [3.05, 3.63) is 29.2 Å². The Bertz CT molecular complexity index is 418. The van der Waals surface area contributed by atoms with E-state index >= 15 is 0 Å². The van der Waals surface area contributed by atoms with Crippen molar-refractivity contribution in [3.63, 3.8) is 0 Å². The lowest BCUT2D eigenvalue weighted by atomic mass is 10.2. The van der Waals surface area contributed by atoms with Gasteiger partial charge in [0.05, 0.1) is 0 Å². The average molecular weight is 251 g/mol. The number of allylic oxidation sites excluding steroid dienone is 1. The van der Waals surface area contributed by atoms with Gasteiger partial charge in [0.2, 0.25) is 0 Å². The van der Waals surface area contributed by atoms with Crippen molar-refractivity contribution < 1.29 is 4.42 Å². The Balaban J connectivity index is 2.63. The summed E-state index contributed by atoms with van der Waals surface area (Å²) < 4.78 is 5.65. The topological polar surface area (TPSA) is 13.1 Å². The van der Waals surface area contributed by atoms with E-state index in [0.717, 1.165) is 42.8 Å². The molecule has 0 aliphatic rings. The van der Waals surface area contributed by atoms with Crippen molar-refractivity contribution in [1.29, 1.82) is 0 Å². The molecule has 0 N–H and O–H groups in total. The first kappa shape index (κ1) is 13.9. The van der Waals surface area contributed by atoms with E-state index in [2.05, 4.69) is 24.8 Å². The Morgan fingerprint density at radius 2 is 2.29 bits per heavy atom. The van der Waals surface area contributed by atoms with Gasteiger partial charge < -0.3 is 4.42 Å². The van der Waals surface area contributed by atoms with Crippen LogP contribution in [0.1, 0.15) is 49.7 Å². The predicted octanol–water partition coefficient (Wildman–Crippen LogP) is 4.77. The molecule has 0 fully saturated rings. The maximum atomic E-state index is 5.65. The molecule has 92 valence electrons. The Morgan fingerprint density at radius 1 is 1.47 bits per heavy atom. The van der Waals surface area contributed by atoms with E-state index < -0.39 is 0 Å². The maximum Gasteiger partial charge on any atom is 0.180 e. The number of furan rings is 1. The molecule has 2 heteroatoms. The van der Waals surface area contributed by atoms with Crippen molar-refractivity contribution in [1.82, 2.24) is 0 Å². The van der Waals surface area contributed by atoms with E-state index in [0.29, 0.717) is 5.88 Å². The van der Waals surface area contributed by atoms with Crippen LogP contribution in [0.4, 0.5) is 0 Å². The van der Waals surface area contributed by atoms with Gasteiger partial charge >= 0.3 is 0 Å². The third-order valence-electron chi connectivity index (χ3n) is 2.31. The number of unbranched alkanes of at least 4 members (excludes halogenated alkanes) is 2. The number of rotatable bonds is 5. The lowest BCUT2D eigenvalue weighted by molar-refractivity contribution is 0.542. The SMILES string of the molecule is CCC/C=C\c1cc(C)c(C#CCCCCl)o1. The Kier molecular flexibility index (Phi) is 6.58. The number of hydrogen-bond donors (Lipinski definition) is 0. The van der Waals surface area contributed by atoms with Crippen LogP contribution in [-0.2, 0) is 0 Å². The molecular weight excluding hydrogens is 232 g/mol. The van der Waals surface area contributed by atoms with Crippen LogP contribution >= 0.6 is 11.6 Å². The molecule has 0 aliphatic heterocycles. The molecule has 0 atom stereocenters. The maximum absolute atomic E-state index is 5.65. The van der Waals surface area contributed by atoms with Gasteiger partial charge in [0.25, 0.3) is 0 Å². The summed E-state index contributed by atoms with van der Waals surface area (Å²) >= 11 is 5.59. The van der Waals surface area contributed by atoms with Crippen LogP contribution in [0.15, 0.2) is 16.6 Å². The zero-order valence-electron chi connectivity index (χ0n) is 10.6. The van der Waals surface area contributed by atoms with E-state index in [9.17, 15) is 0 Å². The van der Waals surface area contributed by atoms with Crippen molar-refractivity contribution in [2.75, 3.05) is 5.88 Å². The van der Waals surface area contributed by atoms with E-state index in [-0.39, 0.29) is 0 Å². The summed E-state index contributed by atoms with van der Waals surface area (Å²) in [4.78, 5) is 0. The summed E-state index contributed by atoms with van der Waals surface area (Å²) in [5.74, 6) is 8.45. The van der Waals surface area contributed by atoms with Gasteiger partial charge in [0.15, 0.2) is 5.76 Å². The Labute approximate surface area is 109 Å². The highest BCUT2D eigenvalue weighted by Gasteiger charge is 2.01. The molecule has 1 aromatic heterocycles.